The number of hydrogen-bond acceptors (Lipinski definition) is 3. The second-order valence-electron chi connectivity index (χ2n) is 7.66. The third-order valence-electron chi connectivity index (χ3n) is 5.50. The van der Waals surface area contributed by atoms with Crippen LogP contribution in [0.4, 0.5) is 0 Å². The molecule has 3 rings (SSSR count). The number of nitrogens with one attached hydrogen (secondary N) is 2. The van der Waals surface area contributed by atoms with E-state index in [9.17, 15) is 0 Å². The molecule has 0 aromatic heterocycles. The van der Waals surface area contributed by atoms with E-state index in [0.29, 0.717) is 0 Å². The van der Waals surface area contributed by atoms with Crippen molar-refractivity contribution >= 4 is 5.96 Å². The Balaban J connectivity index is 1.26. The monoisotopic (exact) mass is 358 g/mol. The van der Waals surface area contributed by atoms with E-state index in [1.54, 1.807) is 0 Å². The molecule has 26 heavy (non-hydrogen) atoms. The molecule has 2 aliphatic rings. The van der Waals surface area contributed by atoms with Gasteiger partial charge in [-0.05, 0) is 62.9 Å². The summed E-state index contributed by atoms with van der Waals surface area (Å²) in [5.74, 6) is 2.81. The number of aliphatic imine (C=N–C) groups is 1. The van der Waals surface area contributed by atoms with Gasteiger partial charge in [0.2, 0.25) is 0 Å². The van der Waals surface area contributed by atoms with Crippen molar-refractivity contribution in [2.24, 2.45) is 10.9 Å². The minimum Gasteiger partial charge on any atom is -0.488 e. The fourth-order valence-electron chi connectivity index (χ4n) is 3.75. The number of unbranched alkanes of at least 4 members (excludes halogenated alkanes) is 1. The van der Waals surface area contributed by atoms with Crippen LogP contribution in [0.3, 0.4) is 0 Å². The minimum absolute atomic E-state index is 0.187. The average molecular weight is 359 g/mol. The first-order chi connectivity index (χ1) is 12.7. The largest absolute Gasteiger partial charge is 0.488 e. The van der Waals surface area contributed by atoms with E-state index in [4.69, 9.17) is 4.74 Å². The van der Waals surface area contributed by atoms with Gasteiger partial charge in [0.05, 0.1) is 6.54 Å². The highest BCUT2D eigenvalue weighted by Crippen LogP contribution is 2.27. The van der Waals surface area contributed by atoms with Crippen molar-refractivity contribution in [1.29, 1.82) is 0 Å². The molecule has 0 radical (unpaired) electrons. The molecule has 5 nitrogen and oxygen atoms in total. The summed E-state index contributed by atoms with van der Waals surface area (Å²) in [6.45, 7) is 7.91. The molecule has 144 valence electrons. The van der Waals surface area contributed by atoms with E-state index in [2.05, 4.69) is 39.6 Å². The first kappa shape index (κ1) is 19.0. The predicted molar refractivity (Wildman–Crippen MR) is 108 cm³/mol. The summed E-state index contributed by atoms with van der Waals surface area (Å²) in [5.41, 5.74) is 1.30. The van der Waals surface area contributed by atoms with Crippen LogP contribution in [0.25, 0.3) is 0 Å². The number of rotatable bonds is 7. The molecule has 2 heterocycles. The summed E-state index contributed by atoms with van der Waals surface area (Å²) in [7, 11) is 1.83. The summed E-state index contributed by atoms with van der Waals surface area (Å²) in [6.07, 6.45) is 6.31. The van der Waals surface area contributed by atoms with Gasteiger partial charge in [-0.2, -0.15) is 0 Å². The number of likely N-dealkylation sites (tertiary alicyclic amines) is 1. The first-order valence-corrected chi connectivity index (χ1v) is 10.2. The van der Waals surface area contributed by atoms with Gasteiger partial charge in [-0.25, -0.2) is 0 Å². The Bertz CT molecular complexity index is 556. The smallest absolute Gasteiger partial charge is 0.191 e. The number of guanidine groups is 1. The average Bonchev–Trinajstić information content (AvgIpc) is 3.08. The molecule has 5 heteroatoms. The molecular formula is C21H34N4O. The molecule has 1 unspecified atom stereocenters. The Morgan fingerprint density at radius 3 is 2.77 bits per heavy atom. The number of hydrogen-bond donors (Lipinski definition) is 2. The first-order valence-electron chi connectivity index (χ1n) is 10.2. The molecule has 0 saturated carbocycles. The molecule has 0 spiro atoms. The highest BCUT2D eigenvalue weighted by molar-refractivity contribution is 5.79. The van der Waals surface area contributed by atoms with Crippen LogP contribution in [-0.4, -0.2) is 56.7 Å². The third-order valence-corrected chi connectivity index (χ3v) is 5.50. The van der Waals surface area contributed by atoms with Crippen molar-refractivity contribution in [1.82, 2.24) is 15.5 Å². The Labute approximate surface area is 158 Å². The predicted octanol–water partition coefficient (Wildman–Crippen LogP) is 2.67. The number of piperidine rings is 1. The molecule has 1 saturated heterocycles. The van der Waals surface area contributed by atoms with Crippen LogP contribution in [-0.2, 0) is 6.42 Å². The van der Waals surface area contributed by atoms with Gasteiger partial charge in [-0.3, -0.25) is 4.99 Å². The van der Waals surface area contributed by atoms with E-state index in [1.165, 1.54) is 50.9 Å². The summed E-state index contributed by atoms with van der Waals surface area (Å²) in [4.78, 5) is 6.94. The molecule has 1 aromatic rings. The van der Waals surface area contributed by atoms with Crippen molar-refractivity contribution in [3.05, 3.63) is 29.8 Å². The second kappa shape index (κ2) is 9.81. The van der Waals surface area contributed by atoms with Crippen molar-refractivity contribution in [3.63, 3.8) is 0 Å². The zero-order valence-corrected chi connectivity index (χ0v) is 16.3. The quantitative estimate of drug-likeness (QED) is 0.447. The maximum atomic E-state index is 5.97. The van der Waals surface area contributed by atoms with Crippen LogP contribution < -0.4 is 15.4 Å². The summed E-state index contributed by atoms with van der Waals surface area (Å²) < 4.78 is 5.97. The normalized spacial score (nSPS) is 21.3. The van der Waals surface area contributed by atoms with Crippen LogP contribution in [0.15, 0.2) is 29.3 Å². The Morgan fingerprint density at radius 1 is 1.19 bits per heavy atom. The van der Waals surface area contributed by atoms with Crippen LogP contribution >= 0.6 is 0 Å². The molecule has 0 bridgehead atoms. The van der Waals surface area contributed by atoms with Crippen LogP contribution in [0.1, 0.15) is 38.2 Å². The van der Waals surface area contributed by atoms with Crippen LogP contribution in [0.5, 0.6) is 5.75 Å². The van der Waals surface area contributed by atoms with E-state index >= 15 is 0 Å². The topological polar surface area (TPSA) is 48.9 Å². The zero-order chi connectivity index (χ0) is 18.2. The van der Waals surface area contributed by atoms with Crippen molar-refractivity contribution < 1.29 is 4.74 Å². The fourth-order valence-corrected chi connectivity index (χ4v) is 3.75. The molecule has 0 amide bonds. The lowest BCUT2D eigenvalue weighted by Gasteiger charge is -2.30. The SMILES string of the molecule is CN=C(NCCCCN1CCC(C)CC1)NCC1Cc2ccccc2O1. The van der Waals surface area contributed by atoms with Crippen LogP contribution in [0, 0.1) is 5.92 Å². The number of benzene rings is 1. The second-order valence-corrected chi connectivity index (χ2v) is 7.66. The number of fused-ring (bicyclic) bond motifs is 1. The van der Waals surface area contributed by atoms with E-state index < -0.39 is 0 Å². The van der Waals surface area contributed by atoms with Crippen molar-refractivity contribution in [2.45, 2.75) is 45.1 Å². The minimum atomic E-state index is 0.187. The Kier molecular flexibility index (Phi) is 7.18. The summed E-state index contributed by atoms with van der Waals surface area (Å²) in [6, 6.07) is 8.29. The lowest BCUT2D eigenvalue weighted by molar-refractivity contribution is 0.189. The molecular weight excluding hydrogens is 324 g/mol. The van der Waals surface area contributed by atoms with E-state index in [-0.39, 0.29) is 6.10 Å². The highest BCUT2D eigenvalue weighted by Gasteiger charge is 2.22. The van der Waals surface area contributed by atoms with Gasteiger partial charge in [0.15, 0.2) is 5.96 Å². The molecule has 0 aliphatic carbocycles. The molecule has 1 fully saturated rings. The summed E-state index contributed by atoms with van der Waals surface area (Å²) in [5, 5.41) is 6.82. The Morgan fingerprint density at radius 2 is 2.00 bits per heavy atom. The molecule has 1 aromatic carbocycles. The fraction of sp³-hybridized carbons (Fsp3) is 0.667. The van der Waals surface area contributed by atoms with Gasteiger partial charge in [0.25, 0.3) is 0 Å². The number of ether oxygens (including phenoxy) is 1. The highest BCUT2D eigenvalue weighted by atomic mass is 16.5. The van der Waals surface area contributed by atoms with Gasteiger partial charge in [0.1, 0.15) is 11.9 Å². The maximum Gasteiger partial charge on any atom is 0.191 e. The molecule has 2 aliphatic heterocycles. The standard InChI is InChI=1S/C21H34N4O/c1-17-9-13-25(14-10-17)12-6-5-11-23-21(22-2)24-16-19-15-18-7-3-4-8-20(18)26-19/h3-4,7-8,17,19H,5-6,9-16H2,1-2H3,(H2,22,23,24). The Hall–Kier alpha value is -1.75. The van der Waals surface area contributed by atoms with E-state index in [0.717, 1.165) is 37.1 Å². The van der Waals surface area contributed by atoms with Gasteiger partial charge in [-0.15, -0.1) is 0 Å². The number of nitrogens with zero attached hydrogens (tertiary/aromatic N) is 2. The third kappa shape index (κ3) is 5.63. The summed E-state index contributed by atoms with van der Waals surface area (Å²) >= 11 is 0. The molecule has 1 atom stereocenters. The number of para-hydroxylation sites is 1. The maximum absolute atomic E-state index is 5.97. The van der Waals surface area contributed by atoms with Crippen molar-refractivity contribution in [2.75, 3.05) is 39.8 Å². The van der Waals surface area contributed by atoms with Crippen molar-refractivity contribution in [3.8, 4) is 5.75 Å². The van der Waals surface area contributed by atoms with Gasteiger partial charge in [-0.1, -0.05) is 25.1 Å². The lowest BCUT2D eigenvalue weighted by Crippen LogP contribution is -2.42. The van der Waals surface area contributed by atoms with E-state index in [1.807, 2.05) is 19.2 Å². The zero-order valence-electron chi connectivity index (χ0n) is 16.3. The van der Waals surface area contributed by atoms with Gasteiger partial charge < -0.3 is 20.3 Å². The van der Waals surface area contributed by atoms with Gasteiger partial charge >= 0.3 is 0 Å². The molecule has 2 N–H and O–H groups in total. The van der Waals surface area contributed by atoms with Gasteiger partial charge in [0, 0.05) is 20.0 Å². The van der Waals surface area contributed by atoms with Crippen LogP contribution in [0.2, 0.25) is 0 Å². The lowest BCUT2D eigenvalue weighted by atomic mass is 9.99.